The number of aromatic hydroxyl groups is 1. The first kappa shape index (κ1) is 24.5. The summed E-state index contributed by atoms with van der Waals surface area (Å²) >= 11 is 0. The number of amides is 1. The van der Waals surface area contributed by atoms with E-state index in [1.165, 1.54) is 31.3 Å². The van der Waals surface area contributed by atoms with Gasteiger partial charge in [0.15, 0.2) is 0 Å². The Bertz CT molecular complexity index is 1370. The van der Waals surface area contributed by atoms with Crippen LogP contribution in [0.5, 0.6) is 11.5 Å². The molecule has 36 heavy (non-hydrogen) atoms. The number of methoxy groups -OCH3 is 2. The molecule has 2 N–H and O–H groups in total. The zero-order valence-electron chi connectivity index (χ0n) is 20.0. The number of benzene rings is 3. The standard InChI is InChI=1S/C28H25NO7/c1-16-7-12-22(35-2)21(13-16)26(32)24-25(18-5-4-6-20(30)15-18)29(28(34)27(24)33)19-10-8-17(9-11-19)14-23(31)36-3/h4-13,15,25,30,32H,14H2,1-3H3/b26-24+. The lowest BCUT2D eigenvalue weighted by atomic mass is 9.94. The fourth-order valence-electron chi connectivity index (χ4n) is 4.27. The molecule has 0 aromatic heterocycles. The van der Waals surface area contributed by atoms with Crippen LogP contribution in [0.25, 0.3) is 5.76 Å². The van der Waals surface area contributed by atoms with Crippen molar-refractivity contribution >= 4 is 29.1 Å². The molecule has 1 unspecified atom stereocenters. The first-order valence-corrected chi connectivity index (χ1v) is 11.2. The third kappa shape index (κ3) is 4.53. The summed E-state index contributed by atoms with van der Waals surface area (Å²) < 4.78 is 10.1. The number of ether oxygens (including phenoxy) is 2. The lowest BCUT2D eigenvalue weighted by Gasteiger charge is -2.26. The van der Waals surface area contributed by atoms with Gasteiger partial charge in [0, 0.05) is 5.69 Å². The van der Waals surface area contributed by atoms with E-state index >= 15 is 0 Å². The first-order valence-electron chi connectivity index (χ1n) is 11.2. The van der Waals surface area contributed by atoms with Gasteiger partial charge in [0.1, 0.15) is 17.3 Å². The van der Waals surface area contributed by atoms with Crippen molar-refractivity contribution in [2.24, 2.45) is 0 Å². The van der Waals surface area contributed by atoms with Gasteiger partial charge in [-0.3, -0.25) is 19.3 Å². The molecule has 1 amide bonds. The molecule has 0 bridgehead atoms. The first-order chi connectivity index (χ1) is 17.2. The van der Waals surface area contributed by atoms with Gasteiger partial charge in [-0.1, -0.05) is 35.9 Å². The maximum Gasteiger partial charge on any atom is 0.309 e. The number of ketones is 1. The van der Waals surface area contributed by atoms with E-state index in [0.29, 0.717) is 22.6 Å². The van der Waals surface area contributed by atoms with Gasteiger partial charge in [-0.15, -0.1) is 0 Å². The van der Waals surface area contributed by atoms with Crippen LogP contribution in [0.15, 0.2) is 72.3 Å². The van der Waals surface area contributed by atoms with E-state index in [2.05, 4.69) is 0 Å². The van der Waals surface area contributed by atoms with Crippen molar-refractivity contribution in [3.63, 3.8) is 0 Å². The minimum absolute atomic E-state index is 0.0543. The summed E-state index contributed by atoms with van der Waals surface area (Å²) in [6.45, 7) is 1.83. The summed E-state index contributed by atoms with van der Waals surface area (Å²) in [5.41, 5.74) is 2.44. The van der Waals surface area contributed by atoms with Crippen LogP contribution in [0.3, 0.4) is 0 Å². The maximum absolute atomic E-state index is 13.3. The zero-order chi connectivity index (χ0) is 26.0. The number of aryl methyl sites for hydroxylation is 1. The molecule has 4 rings (SSSR count). The van der Waals surface area contributed by atoms with Crippen molar-refractivity contribution in [1.29, 1.82) is 0 Å². The van der Waals surface area contributed by atoms with Gasteiger partial charge in [-0.05, 0) is 54.4 Å². The molecular formula is C28H25NO7. The van der Waals surface area contributed by atoms with Crippen LogP contribution < -0.4 is 9.64 Å². The lowest BCUT2D eigenvalue weighted by molar-refractivity contribution is -0.139. The monoisotopic (exact) mass is 487 g/mol. The summed E-state index contributed by atoms with van der Waals surface area (Å²) in [5, 5.41) is 21.5. The van der Waals surface area contributed by atoms with Gasteiger partial charge < -0.3 is 19.7 Å². The summed E-state index contributed by atoms with van der Waals surface area (Å²) in [6.07, 6.45) is 0.0543. The van der Waals surface area contributed by atoms with Crippen LogP contribution in [0.1, 0.15) is 28.3 Å². The Labute approximate surface area is 208 Å². The summed E-state index contributed by atoms with van der Waals surface area (Å²) in [6, 6.07) is 16.9. The van der Waals surface area contributed by atoms with Crippen LogP contribution in [0.4, 0.5) is 5.69 Å². The Morgan fingerprint density at radius 2 is 1.72 bits per heavy atom. The van der Waals surface area contributed by atoms with Gasteiger partial charge in [-0.25, -0.2) is 0 Å². The highest BCUT2D eigenvalue weighted by Crippen LogP contribution is 2.44. The number of phenolic OH excluding ortho intramolecular Hbond substituents is 1. The zero-order valence-corrected chi connectivity index (χ0v) is 20.0. The number of Topliss-reactive ketones (excluding diaryl/α,β-unsaturated/α-hetero) is 1. The van der Waals surface area contributed by atoms with E-state index in [-0.39, 0.29) is 29.1 Å². The quantitative estimate of drug-likeness (QED) is 0.233. The molecule has 8 nitrogen and oxygen atoms in total. The molecular weight excluding hydrogens is 462 g/mol. The average molecular weight is 488 g/mol. The fourth-order valence-corrected chi connectivity index (χ4v) is 4.27. The number of anilines is 1. The number of hydrogen-bond donors (Lipinski definition) is 2. The SMILES string of the molecule is COC(=O)Cc1ccc(N2C(=O)C(=O)/C(=C(/O)c3cc(C)ccc3OC)C2c2cccc(O)c2)cc1. The van der Waals surface area contributed by atoms with Crippen LogP contribution in [-0.2, 0) is 25.5 Å². The molecule has 0 aliphatic carbocycles. The number of carbonyl (C=O) groups is 3. The van der Waals surface area contributed by atoms with E-state index in [1.807, 2.05) is 6.92 Å². The minimum Gasteiger partial charge on any atom is -0.508 e. The number of carbonyl (C=O) groups excluding carboxylic acids is 3. The Morgan fingerprint density at radius 3 is 2.36 bits per heavy atom. The van der Waals surface area contributed by atoms with Crippen molar-refractivity contribution in [3.05, 3.63) is 94.6 Å². The number of aliphatic hydroxyl groups is 1. The Kier molecular flexibility index (Phi) is 6.78. The van der Waals surface area contributed by atoms with Crippen LogP contribution >= 0.6 is 0 Å². The highest BCUT2D eigenvalue weighted by atomic mass is 16.5. The van der Waals surface area contributed by atoms with Crippen molar-refractivity contribution in [3.8, 4) is 11.5 Å². The number of phenols is 1. The number of nitrogens with zero attached hydrogens (tertiary/aromatic N) is 1. The highest BCUT2D eigenvalue weighted by Gasteiger charge is 2.47. The number of hydrogen-bond acceptors (Lipinski definition) is 7. The molecule has 1 heterocycles. The van der Waals surface area contributed by atoms with E-state index in [0.717, 1.165) is 5.56 Å². The molecule has 0 spiro atoms. The van der Waals surface area contributed by atoms with E-state index in [4.69, 9.17) is 9.47 Å². The van der Waals surface area contributed by atoms with Crippen LogP contribution in [0.2, 0.25) is 0 Å². The number of esters is 1. The van der Waals surface area contributed by atoms with Gasteiger partial charge in [-0.2, -0.15) is 0 Å². The smallest absolute Gasteiger partial charge is 0.309 e. The molecule has 3 aromatic carbocycles. The third-order valence-electron chi connectivity index (χ3n) is 6.03. The van der Waals surface area contributed by atoms with Crippen molar-refractivity contribution in [2.75, 3.05) is 19.1 Å². The highest BCUT2D eigenvalue weighted by molar-refractivity contribution is 6.51. The third-order valence-corrected chi connectivity index (χ3v) is 6.03. The second kappa shape index (κ2) is 9.95. The van der Waals surface area contributed by atoms with Crippen molar-refractivity contribution < 1.29 is 34.1 Å². The molecule has 1 aliphatic rings. The predicted octanol–water partition coefficient (Wildman–Crippen LogP) is 4.05. The number of aliphatic hydroxyl groups excluding tert-OH is 1. The van der Waals surface area contributed by atoms with Crippen molar-refractivity contribution in [2.45, 2.75) is 19.4 Å². The van der Waals surface area contributed by atoms with Crippen molar-refractivity contribution in [1.82, 2.24) is 0 Å². The van der Waals surface area contributed by atoms with Crippen LogP contribution in [-0.4, -0.2) is 42.1 Å². The van der Waals surface area contributed by atoms with Gasteiger partial charge >= 0.3 is 5.97 Å². The topological polar surface area (TPSA) is 113 Å². The lowest BCUT2D eigenvalue weighted by Crippen LogP contribution is -2.29. The normalized spacial score (nSPS) is 16.8. The number of rotatable bonds is 6. The molecule has 0 saturated carbocycles. The van der Waals surface area contributed by atoms with Gasteiger partial charge in [0.25, 0.3) is 11.7 Å². The second-order valence-corrected chi connectivity index (χ2v) is 8.39. The van der Waals surface area contributed by atoms with Crippen LogP contribution in [0, 0.1) is 6.92 Å². The molecule has 1 atom stereocenters. The fraction of sp³-hybridized carbons (Fsp3) is 0.179. The predicted molar refractivity (Wildman–Crippen MR) is 133 cm³/mol. The summed E-state index contributed by atoms with van der Waals surface area (Å²) in [5.74, 6) is -2.21. The molecule has 1 aliphatic heterocycles. The second-order valence-electron chi connectivity index (χ2n) is 8.39. The molecule has 1 fully saturated rings. The average Bonchev–Trinajstić information content (AvgIpc) is 3.14. The van der Waals surface area contributed by atoms with E-state index < -0.39 is 23.7 Å². The van der Waals surface area contributed by atoms with E-state index in [9.17, 15) is 24.6 Å². The Balaban J connectivity index is 1.90. The molecule has 3 aromatic rings. The summed E-state index contributed by atoms with van der Waals surface area (Å²) in [4.78, 5) is 39.5. The summed E-state index contributed by atoms with van der Waals surface area (Å²) in [7, 11) is 2.75. The molecule has 8 heteroatoms. The van der Waals surface area contributed by atoms with Gasteiger partial charge in [0.05, 0.1) is 37.8 Å². The Morgan fingerprint density at radius 1 is 1.00 bits per heavy atom. The van der Waals surface area contributed by atoms with E-state index in [1.54, 1.807) is 54.6 Å². The molecule has 0 radical (unpaired) electrons. The molecule has 1 saturated heterocycles. The largest absolute Gasteiger partial charge is 0.508 e. The maximum atomic E-state index is 13.3. The minimum atomic E-state index is -1.02. The van der Waals surface area contributed by atoms with Gasteiger partial charge in [0.2, 0.25) is 0 Å². The molecule has 184 valence electrons. The Hall–Kier alpha value is -4.59.